The SMILES string of the molecule is CC(=O)N1N=C(c2c(O)n(C)c(=S)n(C)c2=O)C[C@H]1c1cccc([N+](=O)[O-])c1. The van der Waals surface area contributed by atoms with Crippen LogP contribution < -0.4 is 5.56 Å². The number of amides is 1. The van der Waals surface area contributed by atoms with E-state index in [2.05, 4.69) is 5.10 Å². The van der Waals surface area contributed by atoms with Gasteiger partial charge in [0.05, 0.1) is 16.7 Å². The van der Waals surface area contributed by atoms with Crippen LogP contribution in [0.25, 0.3) is 0 Å². The molecule has 1 amide bonds. The van der Waals surface area contributed by atoms with Gasteiger partial charge in [0, 0.05) is 39.6 Å². The molecule has 0 bridgehead atoms. The van der Waals surface area contributed by atoms with Gasteiger partial charge in [0.1, 0.15) is 5.56 Å². The summed E-state index contributed by atoms with van der Waals surface area (Å²) < 4.78 is 2.60. The van der Waals surface area contributed by atoms with Crippen molar-refractivity contribution in [3.63, 3.8) is 0 Å². The van der Waals surface area contributed by atoms with Gasteiger partial charge in [-0.05, 0) is 17.8 Å². The normalized spacial score (nSPS) is 16.2. The fraction of sp³-hybridized carbons (Fsp3) is 0.294. The fourth-order valence-corrected chi connectivity index (χ4v) is 3.31. The van der Waals surface area contributed by atoms with Crippen LogP contribution in [0, 0.1) is 14.9 Å². The first-order valence-electron chi connectivity index (χ1n) is 8.24. The van der Waals surface area contributed by atoms with Crippen molar-refractivity contribution in [2.45, 2.75) is 19.4 Å². The number of carbonyl (C=O) groups excluding carboxylic acids is 1. The van der Waals surface area contributed by atoms with Crippen LogP contribution in [-0.2, 0) is 18.9 Å². The van der Waals surface area contributed by atoms with Crippen LogP contribution in [0.1, 0.15) is 30.5 Å². The summed E-state index contributed by atoms with van der Waals surface area (Å²) in [5, 5.41) is 26.9. The van der Waals surface area contributed by atoms with Gasteiger partial charge in [-0.15, -0.1) is 0 Å². The van der Waals surface area contributed by atoms with Crippen LogP contribution >= 0.6 is 12.2 Å². The van der Waals surface area contributed by atoms with Crippen molar-refractivity contribution in [3.05, 3.63) is 60.6 Å². The monoisotopic (exact) mass is 403 g/mol. The van der Waals surface area contributed by atoms with E-state index in [1.807, 2.05) is 0 Å². The largest absolute Gasteiger partial charge is 0.494 e. The Bertz CT molecular complexity index is 1150. The van der Waals surface area contributed by atoms with Crippen molar-refractivity contribution < 1.29 is 14.8 Å². The van der Waals surface area contributed by atoms with E-state index >= 15 is 0 Å². The molecule has 0 unspecified atom stereocenters. The molecule has 0 spiro atoms. The molecule has 28 heavy (non-hydrogen) atoms. The Morgan fingerprint density at radius 3 is 2.64 bits per heavy atom. The molecule has 2 heterocycles. The van der Waals surface area contributed by atoms with Crippen LogP contribution in [0.5, 0.6) is 5.88 Å². The summed E-state index contributed by atoms with van der Waals surface area (Å²) in [6.07, 6.45) is 0.111. The number of hydrazone groups is 1. The van der Waals surface area contributed by atoms with Gasteiger partial charge in [0.25, 0.3) is 11.2 Å². The summed E-state index contributed by atoms with van der Waals surface area (Å²) in [5.74, 6) is -0.748. The van der Waals surface area contributed by atoms with E-state index in [4.69, 9.17) is 12.2 Å². The van der Waals surface area contributed by atoms with Crippen molar-refractivity contribution in [2.75, 3.05) is 0 Å². The lowest BCUT2D eigenvalue weighted by Crippen LogP contribution is -2.28. The van der Waals surface area contributed by atoms with Gasteiger partial charge in [-0.25, -0.2) is 5.01 Å². The zero-order valence-corrected chi connectivity index (χ0v) is 16.1. The second-order valence-corrected chi connectivity index (χ2v) is 6.75. The van der Waals surface area contributed by atoms with E-state index in [1.54, 1.807) is 6.07 Å². The average molecular weight is 403 g/mol. The Morgan fingerprint density at radius 1 is 1.36 bits per heavy atom. The lowest BCUT2D eigenvalue weighted by atomic mass is 9.98. The Hall–Kier alpha value is -3.34. The molecule has 0 radical (unpaired) electrons. The number of nitro benzene ring substituents is 1. The van der Waals surface area contributed by atoms with Gasteiger partial charge >= 0.3 is 0 Å². The van der Waals surface area contributed by atoms with Crippen LogP contribution in [0.15, 0.2) is 34.2 Å². The first-order valence-corrected chi connectivity index (χ1v) is 8.65. The van der Waals surface area contributed by atoms with Crippen molar-refractivity contribution in [3.8, 4) is 5.88 Å². The highest BCUT2D eigenvalue weighted by atomic mass is 32.1. The Kier molecular flexibility index (Phi) is 4.86. The maximum atomic E-state index is 12.7. The molecule has 1 aromatic heterocycles. The van der Waals surface area contributed by atoms with E-state index < -0.39 is 22.4 Å². The molecule has 0 aliphatic carbocycles. The highest BCUT2D eigenvalue weighted by molar-refractivity contribution is 7.71. The Balaban J connectivity index is 2.13. The number of nitrogens with zero attached hydrogens (tertiary/aromatic N) is 5. The van der Waals surface area contributed by atoms with E-state index in [0.29, 0.717) is 5.56 Å². The summed E-state index contributed by atoms with van der Waals surface area (Å²) in [5.41, 5.74) is -0.00506. The van der Waals surface area contributed by atoms with Gasteiger partial charge in [0.15, 0.2) is 4.77 Å². The number of hydrogen-bond donors (Lipinski definition) is 1. The van der Waals surface area contributed by atoms with Gasteiger partial charge in [0.2, 0.25) is 11.8 Å². The second kappa shape index (κ2) is 7.00. The lowest BCUT2D eigenvalue weighted by Gasteiger charge is -2.20. The van der Waals surface area contributed by atoms with Crippen LogP contribution in [-0.4, -0.2) is 35.8 Å². The van der Waals surface area contributed by atoms with Gasteiger partial charge < -0.3 is 5.11 Å². The number of aromatic nitrogens is 2. The second-order valence-electron chi connectivity index (χ2n) is 6.39. The number of carbonyl (C=O) groups is 1. The average Bonchev–Trinajstić information content (AvgIpc) is 3.10. The first-order chi connectivity index (χ1) is 13.1. The third kappa shape index (κ3) is 3.09. The van der Waals surface area contributed by atoms with Crippen molar-refractivity contribution in [1.29, 1.82) is 0 Å². The molecular weight excluding hydrogens is 386 g/mol. The van der Waals surface area contributed by atoms with Crippen LogP contribution in [0.4, 0.5) is 5.69 Å². The zero-order chi connectivity index (χ0) is 20.7. The van der Waals surface area contributed by atoms with Crippen molar-refractivity contribution >= 4 is 29.5 Å². The molecule has 0 fully saturated rings. The molecule has 2 aromatic rings. The topological polar surface area (TPSA) is 123 Å². The molecule has 1 N–H and O–H groups in total. The summed E-state index contributed by atoms with van der Waals surface area (Å²) in [6.45, 7) is 1.31. The molecule has 1 aliphatic rings. The minimum absolute atomic E-state index is 0.0576. The molecule has 11 heteroatoms. The Labute approximate surface area is 164 Å². The van der Waals surface area contributed by atoms with E-state index in [1.165, 1.54) is 48.4 Å². The molecule has 10 nitrogen and oxygen atoms in total. The minimum Gasteiger partial charge on any atom is -0.494 e. The fourth-order valence-electron chi connectivity index (χ4n) is 3.14. The van der Waals surface area contributed by atoms with E-state index in [9.17, 15) is 24.8 Å². The summed E-state index contributed by atoms with van der Waals surface area (Å²) in [6, 6.07) is 5.25. The molecule has 1 atom stereocenters. The highest BCUT2D eigenvalue weighted by Crippen LogP contribution is 2.34. The van der Waals surface area contributed by atoms with E-state index in [0.717, 1.165) is 5.01 Å². The Morgan fingerprint density at radius 2 is 2.04 bits per heavy atom. The first kappa shape index (κ1) is 19.4. The molecule has 1 aliphatic heterocycles. The standard InChI is InChI=1S/C17H17N5O5S/c1-9(23)21-13(10-5-4-6-11(7-10)22(26)27)8-12(18-21)14-15(24)19(2)17(28)20(3)16(14)25/h4-7,13,24H,8H2,1-3H3/t13-/m0/s1. The van der Waals surface area contributed by atoms with Gasteiger partial charge in [-0.1, -0.05) is 12.1 Å². The molecule has 0 saturated carbocycles. The maximum Gasteiger partial charge on any atom is 0.269 e. The van der Waals surface area contributed by atoms with E-state index in [-0.39, 0.29) is 34.0 Å². The quantitative estimate of drug-likeness (QED) is 0.473. The number of non-ortho nitro benzene ring substituents is 1. The summed E-state index contributed by atoms with van der Waals surface area (Å²) >= 11 is 5.10. The van der Waals surface area contributed by atoms with Gasteiger partial charge in [-0.2, -0.15) is 5.10 Å². The molecule has 0 saturated heterocycles. The highest BCUT2D eigenvalue weighted by Gasteiger charge is 2.35. The number of aromatic hydroxyl groups is 1. The number of hydrogen-bond acceptors (Lipinski definition) is 7. The van der Waals surface area contributed by atoms with Crippen molar-refractivity contribution in [1.82, 2.24) is 14.1 Å². The predicted octanol–water partition coefficient (Wildman–Crippen LogP) is 1.76. The third-order valence-corrected chi connectivity index (χ3v) is 5.17. The van der Waals surface area contributed by atoms with Crippen LogP contribution in [0.3, 0.4) is 0 Å². The summed E-state index contributed by atoms with van der Waals surface area (Å²) in [4.78, 5) is 35.3. The molecular formula is C17H17N5O5S. The maximum absolute atomic E-state index is 12.7. The number of nitro groups is 1. The van der Waals surface area contributed by atoms with Gasteiger partial charge in [-0.3, -0.25) is 28.8 Å². The molecule has 1 aromatic carbocycles. The third-order valence-electron chi connectivity index (χ3n) is 4.62. The number of benzene rings is 1. The summed E-state index contributed by atoms with van der Waals surface area (Å²) in [7, 11) is 2.99. The zero-order valence-electron chi connectivity index (χ0n) is 15.3. The minimum atomic E-state index is -0.634. The smallest absolute Gasteiger partial charge is 0.269 e. The predicted molar refractivity (Wildman–Crippen MR) is 103 cm³/mol. The number of rotatable bonds is 3. The molecule has 146 valence electrons. The van der Waals surface area contributed by atoms with Crippen molar-refractivity contribution in [2.24, 2.45) is 19.2 Å². The molecule has 3 rings (SSSR count). The lowest BCUT2D eigenvalue weighted by molar-refractivity contribution is -0.384. The van der Waals surface area contributed by atoms with Crippen LogP contribution in [0.2, 0.25) is 0 Å².